The summed E-state index contributed by atoms with van der Waals surface area (Å²) in [5.74, 6) is 0.518. The van der Waals surface area contributed by atoms with Crippen molar-refractivity contribution in [2.45, 2.75) is 22.8 Å². The summed E-state index contributed by atoms with van der Waals surface area (Å²) in [7, 11) is 0. The van der Waals surface area contributed by atoms with Gasteiger partial charge >= 0.3 is 0 Å². The van der Waals surface area contributed by atoms with Gasteiger partial charge in [-0.15, -0.1) is 0 Å². The molecule has 1 amide bonds. The molecule has 0 aliphatic carbocycles. The zero-order valence-electron chi connectivity index (χ0n) is 12.5. The van der Waals surface area contributed by atoms with Gasteiger partial charge in [0.25, 0.3) is 5.91 Å². The summed E-state index contributed by atoms with van der Waals surface area (Å²) >= 11 is -1.24. The average molecular weight is 365 g/mol. The minimum absolute atomic E-state index is 0.300. The van der Waals surface area contributed by atoms with E-state index in [1.54, 1.807) is 18.2 Å². The molecule has 0 spiro atoms. The number of anilines is 1. The maximum atomic E-state index is 11.6. The lowest BCUT2D eigenvalue weighted by Crippen LogP contribution is -2.45. The third-order valence-electron chi connectivity index (χ3n) is 3.47. The average Bonchev–Trinajstić information content (AvgIpc) is 2.58. The topological polar surface area (TPSA) is 102 Å². The first-order valence-electron chi connectivity index (χ1n) is 6.92. The number of amides is 1. The van der Waals surface area contributed by atoms with Crippen LogP contribution in [0.4, 0.5) is 5.69 Å². The summed E-state index contributed by atoms with van der Waals surface area (Å²) in [5, 5.41) is 8.73. The van der Waals surface area contributed by atoms with Crippen LogP contribution in [0.1, 0.15) is 6.92 Å². The molecule has 0 aromatic heterocycles. The van der Waals surface area contributed by atoms with E-state index in [-0.39, 0.29) is 0 Å². The van der Waals surface area contributed by atoms with Crippen molar-refractivity contribution in [1.82, 2.24) is 5.48 Å². The van der Waals surface area contributed by atoms with Gasteiger partial charge in [-0.2, -0.15) is 0 Å². The zero-order valence-corrected chi connectivity index (χ0v) is 14.1. The second kappa shape index (κ2) is 6.81. The Balaban J connectivity index is 1.96. The van der Waals surface area contributed by atoms with Crippen molar-refractivity contribution in [3.63, 3.8) is 0 Å². The molecule has 24 heavy (non-hydrogen) atoms. The van der Waals surface area contributed by atoms with Crippen molar-refractivity contribution in [3.05, 3.63) is 42.5 Å². The van der Waals surface area contributed by atoms with Crippen LogP contribution in [0.5, 0.6) is 11.5 Å². The van der Waals surface area contributed by atoms with E-state index in [9.17, 15) is 13.6 Å². The molecule has 1 aliphatic rings. The summed E-state index contributed by atoms with van der Waals surface area (Å²) in [4.78, 5) is 13.2. The van der Waals surface area contributed by atoms with E-state index in [1.807, 2.05) is 24.3 Å². The first-order chi connectivity index (χ1) is 11.5. The number of ether oxygens (including phenoxy) is 1. The minimum atomic E-state index is -2.69. The molecule has 0 radical (unpaired) electrons. The Morgan fingerprint density at radius 1 is 1.29 bits per heavy atom. The number of carbonyl (C=O) groups is 1. The van der Waals surface area contributed by atoms with Crippen molar-refractivity contribution in [1.29, 1.82) is 0 Å². The highest BCUT2D eigenvalue weighted by Crippen LogP contribution is 2.48. The highest BCUT2D eigenvalue weighted by molar-refractivity contribution is 7.99. The van der Waals surface area contributed by atoms with E-state index in [0.29, 0.717) is 11.4 Å². The van der Waals surface area contributed by atoms with Crippen molar-refractivity contribution in [2.24, 2.45) is 0 Å². The SMILES string of the molecule is CC(C(=O)NO)N(c1ccc2c(c1)Sc1ccccc1O2)S(=O)[O-]. The zero-order chi connectivity index (χ0) is 17.3. The van der Waals surface area contributed by atoms with Gasteiger partial charge < -0.3 is 9.29 Å². The largest absolute Gasteiger partial charge is 0.755 e. The summed E-state index contributed by atoms with van der Waals surface area (Å²) in [6.45, 7) is 1.37. The normalized spacial score (nSPS) is 14.6. The van der Waals surface area contributed by atoms with Gasteiger partial charge in [0, 0.05) is 11.3 Å². The van der Waals surface area contributed by atoms with Crippen molar-refractivity contribution in [2.75, 3.05) is 4.31 Å². The number of hydroxylamine groups is 1. The van der Waals surface area contributed by atoms with E-state index >= 15 is 0 Å². The molecule has 7 nitrogen and oxygen atoms in total. The highest BCUT2D eigenvalue weighted by Gasteiger charge is 2.25. The molecule has 2 unspecified atom stereocenters. The van der Waals surface area contributed by atoms with Crippen LogP contribution < -0.4 is 14.5 Å². The van der Waals surface area contributed by atoms with Gasteiger partial charge in [-0.3, -0.25) is 18.5 Å². The van der Waals surface area contributed by atoms with Gasteiger partial charge in [0.15, 0.2) is 0 Å². The van der Waals surface area contributed by atoms with E-state index in [1.165, 1.54) is 24.2 Å². The second-order valence-electron chi connectivity index (χ2n) is 4.98. The van der Waals surface area contributed by atoms with Crippen LogP contribution in [0.3, 0.4) is 0 Å². The predicted molar refractivity (Wildman–Crippen MR) is 87.9 cm³/mol. The summed E-state index contributed by atoms with van der Waals surface area (Å²) in [6.07, 6.45) is 0. The summed E-state index contributed by atoms with van der Waals surface area (Å²) in [6, 6.07) is 11.2. The molecule has 2 aromatic carbocycles. The van der Waals surface area contributed by atoms with Crippen molar-refractivity contribution >= 4 is 34.6 Å². The van der Waals surface area contributed by atoms with Crippen molar-refractivity contribution in [3.8, 4) is 11.5 Å². The maximum absolute atomic E-state index is 11.6. The smallest absolute Gasteiger partial charge is 0.266 e. The molecule has 1 heterocycles. The van der Waals surface area contributed by atoms with Gasteiger partial charge in [0.2, 0.25) is 0 Å². The monoisotopic (exact) mass is 365 g/mol. The molecular weight excluding hydrogens is 352 g/mol. The molecule has 1 aliphatic heterocycles. The maximum Gasteiger partial charge on any atom is 0.266 e. The fourth-order valence-corrected chi connectivity index (χ4v) is 3.92. The number of para-hydroxylation sites is 1. The Bertz CT molecular complexity index is 814. The first-order valence-corrected chi connectivity index (χ1v) is 8.77. The highest BCUT2D eigenvalue weighted by atomic mass is 32.2. The molecule has 2 aromatic rings. The van der Waals surface area contributed by atoms with Gasteiger partial charge in [-0.1, -0.05) is 23.9 Å². The lowest BCUT2D eigenvalue weighted by atomic mass is 10.2. The Hall–Kier alpha value is -2.07. The molecule has 0 fully saturated rings. The molecule has 3 rings (SSSR count). The third-order valence-corrected chi connectivity index (χ3v) is 5.42. The van der Waals surface area contributed by atoms with Crippen LogP contribution >= 0.6 is 11.8 Å². The van der Waals surface area contributed by atoms with Crippen LogP contribution in [0, 0.1) is 0 Å². The number of nitrogens with one attached hydrogen (secondary N) is 1. The number of hydrogen-bond donors (Lipinski definition) is 2. The van der Waals surface area contributed by atoms with Crippen LogP contribution in [0.2, 0.25) is 0 Å². The molecule has 2 N–H and O–H groups in total. The molecule has 0 bridgehead atoms. The van der Waals surface area contributed by atoms with E-state index in [0.717, 1.165) is 19.8 Å². The van der Waals surface area contributed by atoms with Gasteiger partial charge in [0.05, 0.1) is 15.5 Å². The molecular formula is C15H13N2O5S2-. The standard InChI is InChI=1S/C15H14N2O5S2/c1-9(15(18)16-19)17(24(20)21)10-6-7-12-14(8-10)23-13-5-3-2-4-11(13)22-12/h2-9,19H,1H3,(H,16,18)(H,20,21)/p-1. The van der Waals surface area contributed by atoms with Gasteiger partial charge in [-0.05, 0) is 37.3 Å². The Kier molecular flexibility index (Phi) is 4.76. The van der Waals surface area contributed by atoms with Crippen molar-refractivity contribution < 1.29 is 23.5 Å². The number of carbonyl (C=O) groups excluding carboxylic acids is 1. The van der Waals surface area contributed by atoms with Crippen LogP contribution in [-0.4, -0.2) is 25.9 Å². The fraction of sp³-hybridized carbons (Fsp3) is 0.133. The van der Waals surface area contributed by atoms with E-state index in [4.69, 9.17) is 9.94 Å². The molecule has 0 saturated carbocycles. The van der Waals surface area contributed by atoms with Crippen LogP contribution in [0.15, 0.2) is 52.3 Å². The summed E-state index contributed by atoms with van der Waals surface area (Å²) < 4.78 is 29.8. The number of nitrogens with zero attached hydrogens (tertiary/aromatic N) is 1. The molecule has 2 atom stereocenters. The predicted octanol–water partition coefficient (Wildman–Crippen LogP) is 2.44. The Morgan fingerprint density at radius 3 is 2.71 bits per heavy atom. The Labute approximate surface area is 145 Å². The minimum Gasteiger partial charge on any atom is -0.755 e. The lowest BCUT2D eigenvalue weighted by molar-refractivity contribution is -0.129. The lowest BCUT2D eigenvalue weighted by Gasteiger charge is -2.31. The van der Waals surface area contributed by atoms with Gasteiger partial charge in [0.1, 0.15) is 17.5 Å². The fourth-order valence-electron chi connectivity index (χ4n) is 2.29. The van der Waals surface area contributed by atoms with Crippen LogP contribution in [0.25, 0.3) is 0 Å². The number of fused-ring (bicyclic) bond motifs is 2. The quantitative estimate of drug-likeness (QED) is 0.418. The van der Waals surface area contributed by atoms with Gasteiger partial charge in [-0.25, -0.2) is 5.48 Å². The Morgan fingerprint density at radius 2 is 2.00 bits per heavy atom. The first kappa shape index (κ1) is 16.8. The molecule has 0 saturated heterocycles. The summed E-state index contributed by atoms with van der Waals surface area (Å²) in [5.41, 5.74) is 1.76. The third kappa shape index (κ3) is 3.11. The van der Waals surface area contributed by atoms with E-state index in [2.05, 4.69) is 0 Å². The number of hydrogen-bond acceptors (Lipinski definition) is 6. The molecule has 9 heteroatoms. The molecule has 126 valence electrons. The number of benzene rings is 2. The van der Waals surface area contributed by atoms with E-state index < -0.39 is 23.2 Å². The number of rotatable bonds is 4. The van der Waals surface area contributed by atoms with Crippen LogP contribution in [-0.2, 0) is 16.1 Å². The second-order valence-corrected chi connectivity index (χ2v) is 6.89.